The Kier molecular flexibility index (Phi) is 6.36. The molecule has 7 nitrogen and oxygen atoms in total. The Bertz CT molecular complexity index is 1510. The zero-order chi connectivity index (χ0) is 25.3. The number of aromatic nitrogens is 1. The van der Waals surface area contributed by atoms with Crippen LogP contribution in [0.15, 0.2) is 83.9 Å². The third kappa shape index (κ3) is 4.90. The van der Waals surface area contributed by atoms with Crippen LogP contribution >= 0.6 is 0 Å². The molecular formula is C28H26N2O5S. The van der Waals surface area contributed by atoms with E-state index in [2.05, 4.69) is 4.98 Å². The summed E-state index contributed by atoms with van der Waals surface area (Å²) in [5.74, 6) is 0.598. The van der Waals surface area contributed by atoms with Crippen molar-refractivity contribution in [3.63, 3.8) is 0 Å². The highest BCUT2D eigenvalue weighted by molar-refractivity contribution is 7.92. The molecule has 36 heavy (non-hydrogen) atoms. The molecule has 3 aromatic carbocycles. The maximum atomic E-state index is 13.9. The number of carboxylic acid groups (broad SMARTS) is 1. The standard InChI is InChI=1S/C28H26N2O5S/c1-19-26-5-3-2-4-23(26)16-29-27(19)30(36(33,34)25-14-10-22(11-15-25)28(31)32)17-20-8-12-24(13-9-20)35-18-21-6-7-21/h2-5,8-16,21H,6-7,17-18H2,1H3,(H,31,32). The lowest BCUT2D eigenvalue weighted by atomic mass is 10.1. The minimum Gasteiger partial charge on any atom is -0.493 e. The monoisotopic (exact) mass is 502 g/mol. The first kappa shape index (κ1) is 23.8. The lowest BCUT2D eigenvalue weighted by molar-refractivity contribution is 0.0696. The summed E-state index contributed by atoms with van der Waals surface area (Å²) in [4.78, 5) is 15.8. The fraction of sp³-hybridized carbons (Fsp3) is 0.214. The van der Waals surface area contributed by atoms with Gasteiger partial charge in [-0.25, -0.2) is 22.5 Å². The first-order valence-electron chi connectivity index (χ1n) is 11.7. The Labute approximate surface area is 210 Å². The predicted molar refractivity (Wildman–Crippen MR) is 138 cm³/mol. The molecule has 4 aromatic rings. The number of hydrogen-bond acceptors (Lipinski definition) is 5. The maximum Gasteiger partial charge on any atom is 0.335 e. The van der Waals surface area contributed by atoms with E-state index < -0.39 is 16.0 Å². The summed E-state index contributed by atoms with van der Waals surface area (Å²) in [6, 6.07) is 20.3. The number of nitrogens with zero attached hydrogens (tertiary/aromatic N) is 2. The van der Waals surface area contributed by atoms with Gasteiger partial charge in [0.1, 0.15) is 11.6 Å². The average molecular weight is 503 g/mol. The Balaban J connectivity index is 1.53. The van der Waals surface area contributed by atoms with Crippen molar-refractivity contribution in [1.82, 2.24) is 4.98 Å². The van der Waals surface area contributed by atoms with Crippen LogP contribution in [0.25, 0.3) is 10.8 Å². The molecule has 1 aliphatic rings. The second-order valence-corrected chi connectivity index (χ2v) is 10.9. The number of pyridine rings is 1. The number of benzene rings is 3. The lowest BCUT2D eigenvalue weighted by Crippen LogP contribution is -2.32. The van der Waals surface area contributed by atoms with Crippen LogP contribution in [0.1, 0.15) is 34.3 Å². The quantitative estimate of drug-likeness (QED) is 0.328. The van der Waals surface area contributed by atoms with Crippen LogP contribution < -0.4 is 9.04 Å². The van der Waals surface area contributed by atoms with Gasteiger partial charge in [0.25, 0.3) is 10.0 Å². The van der Waals surface area contributed by atoms with Gasteiger partial charge >= 0.3 is 5.97 Å². The number of hydrogen-bond donors (Lipinski definition) is 1. The van der Waals surface area contributed by atoms with Gasteiger partial charge in [0, 0.05) is 17.1 Å². The van der Waals surface area contributed by atoms with E-state index in [9.17, 15) is 18.3 Å². The first-order valence-corrected chi connectivity index (χ1v) is 13.2. The highest BCUT2D eigenvalue weighted by Crippen LogP contribution is 2.32. The Morgan fingerprint density at radius 2 is 1.72 bits per heavy atom. The van der Waals surface area contributed by atoms with Gasteiger partial charge in [0.2, 0.25) is 0 Å². The van der Waals surface area contributed by atoms with Crippen molar-refractivity contribution in [1.29, 1.82) is 0 Å². The molecule has 1 aliphatic carbocycles. The first-order chi connectivity index (χ1) is 17.3. The van der Waals surface area contributed by atoms with Crippen molar-refractivity contribution >= 4 is 32.6 Å². The summed E-state index contributed by atoms with van der Waals surface area (Å²) in [7, 11) is -4.06. The molecule has 0 aliphatic heterocycles. The van der Waals surface area contributed by atoms with E-state index in [1.54, 1.807) is 6.20 Å². The molecule has 184 valence electrons. The predicted octanol–water partition coefficient (Wildman–Crippen LogP) is 5.43. The number of aryl methyl sites for hydroxylation is 1. The molecule has 0 atom stereocenters. The van der Waals surface area contributed by atoms with Gasteiger partial charge < -0.3 is 9.84 Å². The highest BCUT2D eigenvalue weighted by atomic mass is 32.2. The SMILES string of the molecule is Cc1c(N(Cc2ccc(OCC3CC3)cc2)S(=O)(=O)c2ccc(C(=O)O)cc2)ncc2ccccc12. The minimum atomic E-state index is -4.06. The van der Waals surface area contributed by atoms with E-state index in [4.69, 9.17) is 4.74 Å². The number of anilines is 1. The number of fused-ring (bicyclic) bond motifs is 1. The molecule has 0 saturated heterocycles. The zero-order valence-corrected chi connectivity index (χ0v) is 20.6. The molecule has 0 radical (unpaired) electrons. The van der Waals surface area contributed by atoms with Gasteiger partial charge in [-0.1, -0.05) is 36.4 Å². The second-order valence-electron chi connectivity index (χ2n) is 9.03. The van der Waals surface area contributed by atoms with Crippen molar-refractivity contribution < 1.29 is 23.1 Å². The van der Waals surface area contributed by atoms with Gasteiger partial charge in [-0.05, 0) is 73.0 Å². The van der Waals surface area contributed by atoms with Crippen molar-refractivity contribution in [2.75, 3.05) is 10.9 Å². The number of ether oxygens (including phenoxy) is 1. The molecule has 1 N–H and O–H groups in total. The van der Waals surface area contributed by atoms with E-state index in [1.807, 2.05) is 55.5 Å². The highest BCUT2D eigenvalue weighted by Gasteiger charge is 2.28. The molecule has 1 fully saturated rings. The number of sulfonamides is 1. The summed E-state index contributed by atoms with van der Waals surface area (Å²) in [5, 5.41) is 11.0. The smallest absolute Gasteiger partial charge is 0.335 e. The number of aromatic carboxylic acids is 1. The third-order valence-electron chi connectivity index (χ3n) is 6.38. The van der Waals surface area contributed by atoms with E-state index >= 15 is 0 Å². The lowest BCUT2D eigenvalue weighted by Gasteiger charge is -2.26. The third-order valence-corrected chi connectivity index (χ3v) is 8.13. The summed E-state index contributed by atoms with van der Waals surface area (Å²) in [6.45, 7) is 2.61. The Morgan fingerprint density at radius 3 is 2.39 bits per heavy atom. The topological polar surface area (TPSA) is 96.8 Å². The minimum absolute atomic E-state index is 0.00811. The maximum absolute atomic E-state index is 13.9. The van der Waals surface area contributed by atoms with Crippen molar-refractivity contribution in [2.24, 2.45) is 5.92 Å². The van der Waals surface area contributed by atoms with Crippen LogP contribution in [0.2, 0.25) is 0 Å². The van der Waals surface area contributed by atoms with E-state index in [1.165, 1.54) is 41.4 Å². The van der Waals surface area contributed by atoms with Gasteiger partial charge in [-0.2, -0.15) is 0 Å². The van der Waals surface area contributed by atoms with Gasteiger partial charge in [-0.15, -0.1) is 0 Å². The van der Waals surface area contributed by atoms with Crippen LogP contribution in [-0.4, -0.2) is 31.1 Å². The largest absolute Gasteiger partial charge is 0.493 e. The molecule has 5 rings (SSSR count). The van der Waals surface area contributed by atoms with Crippen LogP contribution in [0.3, 0.4) is 0 Å². The van der Waals surface area contributed by atoms with E-state index in [-0.39, 0.29) is 17.0 Å². The normalized spacial score (nSPS) is 13.5. The molecule has 0 unspecified atom stereocenters. The van der Waals surface area contributed by atoms with Gasteiger partial charge in [0.15, 0.2) is 0 Å². The summed E-state index contributed by atoms with van der Waals surface area (Å²) in [6.07, 6.45) is 4.08. The molecule has 1 saturated carbocycles. The fourth-order valence-corrected chi connectivity index (χ4v) is 5.54. The summed E-state index contributed by atoms with van der Waals surface area (Å²) >= 11 is 0. The number of rotatable bonds is 9. The molecular weight excluding hydrogens is 476 g/mol. The molecule has 8 heteroatoms. The molecule has 0 amide bonds. The van der Waals surface area contributed by atoms with Crippen LogP contribution in [-0.2, 0) is 16.6 Å². The van der Waals surface area contributed by atoms with Crippen molar-refractivity contribution in [3.8, 4) is 5.75 Å². The van der Waals surface area contributed by atoms with Gasteiger partial charge in [-0.3, -0.25) is 0 Å². The van der Waals surface area contributed by atoms with Gasteiger partial charge in [0.05, 0.1) is 23.6 Å². The zero-order valence-electron chi connectivity index (χ0n) is 19.8. The Hall–Kier alpha value is -3.91. The summed E-state index contributed by atoms with van der Waals surface area (Å²) < 4.78 is 34.8. The molecule has 0 spiro atoms. The van der Waals surface area contributed by atoms with Crippen molar-refractivity contribution in [3.05, 3.63) is 95.7 Å². The number of carboxylic acids is 1. The molecule has 1 aromatic heterocycles. The van der Waals surface area contributed by atoms with E-state index in [0.717, 1.165) is 27.6 Å². The van der Waals surface area contributed by atoms with Crippen LogP contribution in [0.5, 0.6) is 5.75 Å². The van der Waals surface area contributed by atoms with E-state index in [0.29, 0.717) is 18.3 Å². The Morgan fingerprint density at radius 1 is 1.03 bits per heavy atom. The van der Waals surface area contributed by atoms with Crippen LogP contribution in [0.4, 0.5) is 5.82 Å². The second kappa shape index (κ2) is 9.62. The molecule has 1 heterocycles. The number of carbonyl (C=O) groups is 1. The molecule has 0 bridgehead atoms. The van der Waals surface area contributed by atoms with Crippen LogP contribution in [0, 0.1) is 12.8 Å². The fourth-order valence-electron chi connectivity index (χ4n) is 4.08. The average Bonchev–Trinajstić information content (AvgIpc) is 3.72. The van der Waals surface area contributed by atoms with Crippen molar-refractivity contribution in [2.45, 2.75) is 31.2 Å². The summed E-state index contributed by atoms with van der Waals surface area (Å²) in [5.41, 5.74) is 1.53.